The van der Waals surface area contributed by atoms with Crippen LogP contribution in [0.3, 0.4) is 0 Å². The molecule has 0 atom stereocenters. The number of carbonyl (C=O) groups excluding carboxylic acids is 1. The quantitative estimate of drug-likeness (QED) is 0.761. The molecule has 1 amide bonds. The van der Waals surface area contributed by atoms with Crippen LogP contribution in [0.1, 0.15) is 30.3 Å². The Morgan fingerprint density at radius 1 is 1.42 bits per heavy atom. The van der Waals surface area contributed by atoms with Crippen LogP contribution >= 0.6 is 27.5 Å². The minimum absolute atomic E-state index is 0.0900. The van der Waals surface area contributed by atoms with Crippen molar-refractivity contribution >= 4 is 39.1 Å². The van der Waals surface area contributed by atoms with Gasteiger partial charge in [-0.2, -0.15) is 5.10 Å². The van der Waals surface area contributed by atoms with E-state index in [0.29, 0.717) is 40.4 Å². The molecule has 0 radical (unpaired) electrons. The minimum atomic E-state index is -0.0900. The van der Waals surface area contributed by atoms with E-state index in [9.17, 15) is 4.79 Å². The first-order chi connectivity index (χ1) is 11.3. The lowest BCUT2D eigenvalue weighted by molar-refractivity contribution is -0.116. The highest BCUT2D eigenvalue weighted by atomic mass is 79.9. The molecule has 2 aromatic rings. The lowest BCUT2D eigenvalue weighted by Gasteiger charge is -2.14. The van der Waals surface area contributed by atoms with Crippen molar-refractivity contribution < 1.29 is 9.53 Å². The second-order valence-corrected chi connectivity index (χ2v) is 6.81. The van der Waals surface area contributed by atoms with Gasteiger partial charge in [-0.05, 0) is 60.8 Å². The summed E-state index contributed by atoms with van der Waals surface area (Å²) in [5.41, 5.74) is 3.73. The third-order valence-corrected chi connectivity index (χ3v) is 4.64. The van der Waals surface area contributed by atoms with E-state index in [1.165, 1.54) is 0 Å². The molecule has 1 heterocycles. The van der Waals surface area contributed by atoms with Crippen LogP contribution in [-0.4, -0.2) is 22.3 Å². The Morgan fingerprint density at radius 2 is 2.12 bits per heavy atom. The number of hydrogen-bond donors (Lipinski definition) is 1. The Labute approximate surface area is 155 Å². The van der Waals surface area contributed by atoms with Crippen molar-refractivity contribution in [2.24, 2.45) is 7.05 Å². The van der Waals surface area contributed by atoms with Crippen molar-refractivity contribution in [2.45, 2.75) is 33.6 Å². The van der Waals surface area contributed by atoms with Gasteiger partial charge in [-0.25, -0.2) is 0 Å². The first kappa shape index (κ1) is 18.8. The zero-order valence-corrected chi connectivity index (χ0v) is 16.6. The van der Waals surface area contributed by atoms with Gasteiger partial charge >= 0.3 is 0 Å². The third kappa shape index (κ3) is 4.30. The molecular formula is C17H21BrClN3O2. The van der Waals surface area contributed by atoms with E-state index in [2.05, 4.69) is 26.3 Å². The Bertz CT molecular complexity index is 759. The zero-order chi connectivity index (χ0) is 17.9. The van der Waals surface area contributed by atoms with Gasteiger partial charge in [0, 0.05) is 24.2 Å². The topological polar surface area (TPSA) is 56.1 Å². The summed E-state index contributed by atoms with van der Waals surface area (Å²) in [6.45, 7) is 6.35. The largest absolute Gasteiger partial charge is 0.491 e. The Balaban J connectivity index is 2.10. The van der Waals surface area contributed by atoms with E-state index in [-0.39, 0.29) is 5.91 Å². The maximum atomic E-state index is 12.3. The van der Waals surface area contributed by atoms with E-state index in [1.54, 1.807) is 12.1 Å². The minimum Gasteiger partial charge on any atom is -0.491 e. The van der Waals surface area contributed by atoms with Crippen molar-refractivity contribution in [1.82, 2.24) is 9.78 Å². The van der Waals surface area contributed by atoms with E-state index < -0.39 is 0 Å². The smallest absolute Gasteiger partial charge is 0.224 e. The molecule has 2 rings (SSSR count). The molecule has 0 bridgehead atoms. The fourth-order valence-corrected chi connectivity index (χ4v) is 3.50. The number of benzene rings is 1. The van der Waals surface area contributed by atoms with Crippen molar-refractivity contribution in [3.63, 3.8) is 0 Å². The molecule has 0 aliphatic carbocycles. The first-order valence-electron chi connectivity index (χ1n) is 7.74. The van der Waals surface area contributed by atoms with E-state index in [0.717, 1.165) is 17.0 Å². The van der Waals surface area contributed by atoms with Crippen molar-refractivity contribution in [1.29, 1.82) is 0 Å². The molecule has 24 heavy (non-hydrogen) atoms. The van der Waals surface area contributed by atoms with Gasteiger partial charge in [-0.3, -0.25) is 9.48 Å². The number of amides is 1. The lowest BCUT2D eigenvalue weighted by Crippen LogP contribution is -2.14. The Hall–Kier alpha value is -1.53. The molecule has 0 fully saturated rings. The summed E-state index contributed by atoms with van der Waals surface area (Å²) < 4.78 is 8.15. The predicted octanol–water partition coefficient (Wildman–Crippen LogP) is 4.42. The van der Waals surface area contributed by atoms with Crippen LogP contribution in [0.2, 0.25) is 5.02 Å². The van der Waals surface area contributed by atoms with Crippen LogP contribution in [0.15, 0.2) is 16.6 Å². The number of aryl methyl sites for hydroxylation is 2. The van der Waals surface area contributed by atoms with Gasteiger partial charge < -0.3 is 10.1 Å². The molecule has 1 aromatic carbocycles. The zero-order valence-electron chi connectivity index (χ0n) is 14.2. The van der Waals surface area contributed by atoms with Gasteiger partial charge in [-0.15, -0.1) is 0 Å². The SMILES string of the molecule is CCOc1c(Br)cc(Cl)cc1NC(=O)CCc1c(C)nn(C)c1C. The van der Waals surface area contributed by atoms with Crippen molar-refractivity contribution in [3.05, 3.63) is 38.6 Å². The van der Waals surface area contributed by atoms with Gasteiger partial charge in [0.1, 0.15) is 0 Å². The Morgan fingerprint density at radius 3 is 2.71 bits per heavy atom. The number of ether oxygens (including phenoxy) is 1. The average Bonchev–Trinajstić information content (AvgIpc) is 2.74. The summed E-state index contributed by atoms with van der Waals surface area (Å²) in [4.78, 5) is 12.3. The number of carbonyl (C=O) groups is 1. The molecule has 0 saturated heterocycles. The molecule has 0 aliphatic heterocycles. The average molecular weight is 415 g/mol. The van der Waals surface area contributed by atoms with Crippen LogP contribution in [-0.2, 0) is 18.3 Å². The van der Waals surface area contributed by atoms with Gasteiger partial charge in [-0.1, -0.05) is 11.6 Å². The highest BCUT2D eigenvalue weighted by Gasteiger charge is 2.15. The molecule has 130 valence electrons. The first-order valence-corrected chi connectivity index (χ1v) is 8.91. The number of nitrogens with one attached hydrogen (secondary N) is 1. The predicted molar refractivity (Wildman–Crippen MR) is 100.0 cm³/mol. The highest BCUT2D eigenvalue weighted by molar-refractivity contribution is 9.10. The fourth-order valence-electron chi connectivity index (χ4n) is 2.57. The standard InChI is InChI=1S/C17H21BrClN3O2/c1-5-24-17-14(18)8-12(19)9-15(17)20-16(23)7-6-13-10(2)21-22(4)11(13)3/h8-9H,5-7H2,1-4H3,(H,20,23). The maximum absolute atomic E-state index is 12.3. The third-order valence-electron chi connectivity index (χ3n) is 3.83. The normalized spacial score (nSPS) is 10.8. The molecule has 5 nitrogen and oxygen atoms in total. The van der Waals surface area contributed by atoms with Gasteiger partial charge in [0.05, 0.1) is 22.5 Å². The molecule has 0 unspecified atom stereocenters. The number of aromatic nitrogens is 2. The number of anilines is 1. The van der Waals surface area contributed by atoms with Crippen molar-refractivity contribution in [2.75, 3.05) is 11.9 Å². The molecular weight excluding hydrogens is 394 g/mol. The second-order valence-electron chi connectivity index (χ2n) is 5.52. The summed E-state index contributed by atoms with van der Waals surface area (Å²) >= 11 is 9.49. The van der Waals surface area contributed by atoms with Crippen LogP contribution in [0, 0.1) is 13.8 Å². The van der Waals surface area contributed by atoms with E-state index >= 15 is 0 Å². The van der Waals surface area contributed by atoms with Gasteiger partial charge in [0.15, 0.2) is 5.75 Å². The summed E-state index contributed by atoms with van der Waals surface area (Å²) in [7, 11) is 1.91. The van der Waals surface area contributed by atoms with Crippen LogP contribution < -0.4 is 10.1 Å². The van der Waals surface area contributed by atoms with E-state index in [4.69, 9.17) is 16.3 Å². The van der Waals surface area contributed by atoms with E-state index in [1.807, 2.05) is 32.5 Å². The molecule has 0 aliphatic rings. The second kappa shape index (κ2) is 8.03. The van der Waals surface area contributed by atoms with Gasteiger partial charge in [0.25, 0.3) is 0 Å². The molecule has 1 N–H and O–H groups in total. The molecule has 1 aromatic heterocycles. The van der Waals surface area contributed by atoms with Crippen LogP contribution in [0.4, 0.5) is 5.69 Å². The maximum Gasteiger partial charge on any atom is 0.224 e. The van der Waals surface area contributed by atoms with Crippen molar-refractivity contribution in [3.8, 4) is 5.75 Å². The number of rotatable bonds is 6. The Kier molecular flexibility index (Phi) is 6.29. The number of nitrogens with zero attached hydrogens (tertiary/aromatic N) is 2. The lowest BCUT2D eigenvalue weighted by atomic mass is 10.1. The molecule has 0 spiro atoms. The van der Waals surface area contributed by atoms with Crippen LogP contribution in [0.25, 0.3) is 0 Å². The number of hydrogen-bond acceptors (Lipinski definition) is 3. The number of halogens is 2. The summed E-state index contributed by atoms with van der Waals surface area (Å²) in [6, 6.07) is 3.43. The molecule has 0 saturated carbocycles. The summed E-state index contributed by atoms with van der Waals surface area (Å²) in [5.74, 6) is 0.497. The highest BCUT2D eigenvalue weighted by Crippen LogP contribution is 2.36. The summed E-state index contributed by atoms with van der Waals surface area (Å²) in [5, 5.41) is 7.79. The monoisotopic (exact) mass is 413 g/mol. The fraction of sp³-hybridized carbons (Fsp3) is 0.412. The van der Waals surface area contributed by atoms with Crippen LogP contribution in [0.5, 0.6) is 5.75 Å². The molecule has 7 heteroatoms. The summed E-state index contributed by atoms with van der Waals surface area (Å²) in [6.07, 6.45) is 1.01. The van der Waals surface area contributed by atoms with Gasteiger partial charge in [0.2, 0.25) is 5.91 Å².